The van der Waals surface area contributed by atoms with Gasteiger partial charge in [0, 0.05) is 24.0 Å². The molecule has 1 N–H and O–H groups in total. The van der Waals surface area contributed by atoms with Gasteiger partial charge in [-0.3, -0.25) is 4.90 Å². The summed E-state index contributed by atoms with van der Waals surface area (Å²) < 4.78 is 72.4. The molecule has 1 heterocycles. The fourth-order valence-corrected chi connectivity index (χ4v) is 7.84. The maximum atomic E-state index is 13.3. The van der Waals surface area contributed by atoms with Gasteiger partial charge in [-0.15, -0.1) is 0 Å². The summed E-state index contributed by atoms with van der Waals surface area (Å²) >= 11 is 0. The second kappa shape index (κ2) is 7.95. The van der Waals surface area contributed by atoms with Gasteiger partial charge in [-0.25, -0.2) is 13.1 Å². The summed E-state index contributed by atoms with van der Waals surface area (Å²) in [5, 5.41) is 0. The van der Waals surface area contributed by atoms with Crippen LogP contribution in [0.15, 0.2) is 42.5 Å². The van der Waals surface area contributed by atoms with Crippen molar-refractivity contribution in [1.29, 1.82) is 0 Å². The molecule has 3 atom stereocenters. The van der Waals surface area contributed by atoms with E-state index in [1.165, 1.54) is 17.7 Å². The molecule has 0 aromatic heterocycles. The largest absolute Gasteiger partial charge is 0.492 e. The predicted molar refractivity (Wildman–Crippen MR) is 126 cm³/mol. The molecule has 0 radical (unpaired) electrons. The molecule has 4 aliphatic rings. The Morgan fingerprint density at radius 2 is 1.91 bits per heavy atom. The first-order chi connectivity index (χ1) is 16.6. The number of rotatable bonds is 9. The van der Waals surface area contributed by atoms with E-state index in [0.717, 1.165) is 30.9 Å². The van der Waals surface area contributed by atoms with Crippen molar-refractivity contribution in [1.82, 2.24) is 9.62 Å². The Kier molecular flexibility index (Phi) is 5.29. The van der Waals surface area contributed by atoms with E-state index in [-0.39, 0.29) is 30.2 Å². The van der Waals surface area contributed by atoms with Crippen LogP contribution in [0.1, 0.15) is 41.0 Å². The van der Waals surface area contributed by atoms with E-state index in [9.17, 15) is 21.6 Å². The third kappa shape index (κ3) is 4.25. The van der Waals surface area contributed by atoms with Gasteiger partial charge in [0.25, 0.3) is 0 Å². The molecule has 3 aliphatic carbocycles. The average Bonchev–Trinajstić information content (AvgIpc) is 3.74. The molecule has 6 rings (SSSR count). The molecule has 1 aliphatic heterocycles. The number of nitrogens with zero attached hydrogens (tertiary/aromatic N) is 1. The molecular weight excluding hydrogens is 477 g/mol. The van der Waals surface area contributed by atoms with Crippen LogP contribution in [-0.4, -0.2) is 51.4 Å². The van der Waals surface area contributed by atoms with E-state index in [4.69, 9.17) is 4.74 Å². The smallest absolute Gasteiger partial charge is 0.416 e. The highest BCUT2D eigenvalue weighted by molar-refractivity contribution is 7.89. The molecule has 9 heteroatoms. The number of hydrogen-bond acceptors (Lipinski definition) is 4. The Labute approximate surface area is 203 Å². The number of ether oxygens (including phenoxy) is 1. The second-order valence-electron chi connectivity index (χ2n) is 10.6. The van der Waals surface area contributed by atoms with Crippen LogP contribution in [0, 0.1) is 11.3 Å². The Morgan fingerprint density at radius 1 is 1.14 bits per heavy atom. The minimum Gasteiger partial charge on any atom is -0.492 e. The molecular formula is C26H29F3N2O3S. The number of hydrogen-bond donors (Lipinski definition) is 1. The fraction of sp³-hybridized carbons (Fsp3) is 0.538. The monoisotopic (exact) mass is 506 g/mol. The number of likely N-dealkylation sites (N-methyl/N-ethyl adjacent to an activating group) is 1. The molecule has 3 unspecified atom stereocenters. The van der Waals surface area contributed by atoms with Crippen LogP contribution >= 0.6 is 0 Å². The zero-order chi connectivity index (χ0) is 24.6. The summed E-state index contributed by atoms with van der Waals surface area (Å²) in [4.78, 5) is 2.33. The van der Waals surface area contributed by atoms with Crippen molar-refractivity contribution in [2.75, 3.05) is 26.0 Å². The minimum atomic E-state index is -4.36. The van der Waals surface area contributed by atoms with Crippen LogP contribution in [0.2, 0.25) is 0 Å². The summed E-state index contributed by atoms with van der Waals surface area (Å²) in [6.45, 7) is 0.429. The summed E-state index contributed by atoms with van der Waals surface area (Å²) in [6.07, 6.45) is -0.903. The summed E-state index contributed by atoms with van der Waals surface area (Å²) in [5.41, 5.74) is 2.57. The molecule has 0 amide bonds. The zero-order valence-corrected chi connectivity index (χ0v) is 20.3. The van der Waals surface area contributed by atoms with Crippen LogP contribution in [0.5, 0.6) is 5.75 Å². The molecule has 2 aromatic carbocycles. The summed E-state index contributed by atoms with van der Waals surface area (Å²) in [5.74, 6) is 1.27. The third-order valence-electron chi connectivity index (χ3n) is 8.26. The van der Waals surface area contributed by atoms with Crippen LogP contribution in [0.3, 0.4) is 0 Å². The molecule has 35 heavy (non-hydrogen) atoms. The fourth-order valence-electron chi connectivity index (χ4n) is 6.38. The first-order valence-electron chi connectivity index (χ1n) is 12.2. The number of benzene rings is 2. The number of fused-ring (bicyclic) bond motifs is 4. The van der Waals surface area contributed by atoms with E-state index < -0.39 is 21.8 Å². The topological polar surface area (TPSA) is 58.4 Å². The first-order valence-corrected chi connectivity index (χ1v) is 13.8. The van der Waals surface area contributed by atoms with Crippen LogP contribution in [-0.2, 0) is 29.0 Å². The average molecular weight is 507 g/mol. The third-order valence-corrected chi connectivity index (χ3v) is 9.81. The van der Waals surface area contributed by atoms with Crippen molar-refractivity contribution in [2.24, 2.45) is 11.3 Å². The maximum Gasteiger partial charge on any atom is 0.416 e. The SMILES string of the molecule is CN1C2C1C21Cc2ccc(OCCNS(=O)(=O)CC3CC3)cc2C1Cc1cccc(C(F)(F)F)c1. The highest BCUT2D eigenvalue weighted by Crippen LogP contribution is 2.76. The number of nitrogens with one attached hydrogen (secondary N) is 1. The highest BCUT2D eigenvalue weighted by Gasteiger charge is 2.84. The van der Waals surface area contributed by atoms with Crippen LogP contribution in [0.4, 0.5) is 13.2 Å². The number of alkyl halides is 3. The molecule has 5 nitrogen and oxygen atoms in total. The lowest BCUT2D eigenvalue weighted by Crippen LogP contribution is -2.31. The van der Waals surface area contributed by atoms with Crippen molar-refractivity contribution < 1.29 is 26.3 Å². The van der Waals surface area contributed by atoms with Gasteiger partial charge in [0.2, 0.25) is 10.0 Å². The Morgan fingerprint density at radius 3 is 2.60 bits per heavy atom. The normalized spacial score (nSPS) is 30.7. The lowest BCUT2D eigenvalue weighted by Gasteiger charge is -2.29. The minimum absolute atomic E-state index is 0.0996. The van der Waals surface area contributed by atoms with E-state index >= 15 is 0 Å². The predicted octanol–water partition coefficient (Wildman–Crippen LogP) is 3.98. The summed E-state index contributed by atoms with van der Waals surface area (Å²) in [7, 11) is -1.17. The number of likely N-dealkylation sites (tertiary alicyclic amines) is 1. The van der Waals surface area contributed by atoms with Gasteiger partial charge in [-0.05, 0) is 79.5 Å². The van der Waals surface area contributed by atoms with E-state index in [2.05, 4.69) is 22.7 Å². The standard InChI is InChI=1S/C26H29F3N2O3S/c1-31-23-24(31)25(23)14-18-7-8-20(34-10-9-30-35(32,33)15-16-5-6-16)13-21(18)22(25)12-17-3-2-4-19(11-17)26(27,28)29/h2-4,7-8,11,13,16,22-24,30H,5-6,9-10,12,14-15H2,1H3. The first kappa shape index (κ1) is 23.3. The van der Waals surface area contributed by atoms with Gasteiger partial charge < -0.3 is 4.74 Å². The lowest BCUT2D eigenvalue weighted by molar-refractivity contribution is -0.137. The van der Waals surface area contributed by atoms with Crippen LogP contribution in [0.25, 0.3) is 0 Å². The van der Waals surface area contributed by atoms with Crippen LogP contribution < -0.4 is 9.46 Å². The zero-order valence-electron chi connectivity index (χ0n) is 19.5. The van der Waals surface area contributed by atoms with Gasteiger partial charge in [0.1, 0.15) is 12.4 Å². The lowest BCUT2D eigenvalue weighted by atomic mass is 9.81. The Bertz CT molecular complexity index is 1250. The van der Waals surface area contributed by atoms with Gasteiger partial charge in [-0.1, -0.05) is 24.3 Å². The van der Waals surface area contributed by atoms with Crippen molar-refractivity contribution in [3.63, 3.8) is 0 Å². The summed E-state index contributed by atoms with van der Waals surface area (Å²) in [6, 6.07) is 12.7. The molecule has 0 bridgehead atoms. The van der Waals surface area contributed by atoms with E-state index in [1.807, 2.05) is 12.1 Å². The van der Waals surface area contributed by atoms with Crippen molar-refractivity contribution in [2.45, 2.75) is 49.9 Å². The Balaban J connectivity index is 1.17. The van der Waals surface area contributed by atoms with Gasteiger partial charge >= 0.3 is 6.18 Å². The maximum absolute atomic E-state index is 13.3. The molecule has 2 aromatic rings. The molecule has 3 fully saturated rings. The van der Waals surface area contributed by atoms with Crippen molar-refractivity contribution in [3.8, 4) is 5.75 Å². The molecule has 1 spiro atoms. The molecule has 188 valence electrons. The van der Waals surface area contributed by atoms with Gasteiger partial charge in [0.05, 0.1) is 11.3 Å². The number of halogens is 3. The van der Waals surface area contributed by atoms with Gasteiger partial charge in [-0.2, -0.15) is 13.2 Å². The van der Waals surface area contributed by atoms with Gasteiger partial charge in [0.15, 0.2) is 0 Å². The second-order valence-corrected chi connectivity index (χ2v) is 12.5. The molecule has 1 saturated heterocycles. The van der Waals surface area contributed by atoms with E-state index in [0.29, 0.717) is 35.7 Å². The van der Waals surface area contributed by atoms with E-state index in [1.54, 1.807) is 6.07 Å². The quantitative estimate of drug-likeness (QED) is 0.413. The number of sulfonamides is 1. The highest BCUT2D eigenvalue weighted by atomic mass is 32.2. The van der Waals surface area contributed by atoms with Crippen molar-refractivity contribution in [3.05, 3.63) is 64.7 Å². The van der Waals surface area contributed by atoms with Crippen molar-refractivity contribution >= 4 is 10.0 Å². The Hall–Kier alpha value is -2.10. The molecule has 2 saturated carbocycles.